The van der Waals surface area contributed by atoms with Crippen LogP contribution < -0.4 is 10.6 Å². The molecule has 0 aliphatic carbocycles. The van der Waals surface area contributed by atoms with Crippen LogP contribution in [0, 0.1) is 5.82 Å². The van der Waals surface area contributed by atoms with Crippen LogP contribution in [0.25, 0.3) is 11.0 Å². The third-order valence-corrected chi connectivity index (χ3v) is 4.85. The molecule has 0 bridgehead atoms. The number of hydrogen-bond acceptors (Lipinski definition) is 4. The molecule has 0 spiro atoms. The summed E-state index contributed by atoms with van der Waals surface area (Å²) in [5, 5.41) is 0.990. The fourth-order valence-electron chi connectivity index (χ4n) is 3.61. The topological polar surface area (TPSA) is 87.9 Å². The van der Waals surface area contributed by atoms with Gasteiger partial charge in [-0.25, -0.2) is 14.4 Å². The summed E-state index contributed by atoms with van der Waals surface area (Å²) < 4.78 is 13.7. The van der Waals surface area contributed by atoms with Crippen LogP contribution in [-0.2, 0) is 0 Å². The van der Waals surface area contributed by atoms with E-state index in [1.807, 2.05) is 12.3 Å². The van der Waals surface area contributed by atoms with Gasteiger partial charge in [-0.05, 0) is 48.6 Å². The van der Waals surface area contributed by atoms with Crippen molar-refractivity contribution in [2.24, 2.45) is 5.73 Å². The average Bonchev–Trinajstić information content (AvgIpc) is 3.10. The molecule has 0 radical (unpaired) electrons. The summed E-state index contributed by atoms with van der Waals surface area (Å²) in [6.07, 6.45) is 5.01. The minimum Gasteiger partial charge on any atom is -0.366 e. The minimum atomic E-state index is -0.512. The number of primary amides is 1. The minimum absolute atomic E-state index is 0.109. The van der Waals surface area contributed by atoms with Crippen LogP contribution in [0.2, 0.25) is 0 Å². The van der Waals surface area contributed by atoms with Gasteiger partial charge in [-0.2, -0.15) is 0 Å². The van der Waals surface area contributed by atoms with E-state index < -0.39 is 5.91 Å². The molecule has 2 aromatic heterocycles. The third kappa shape index (κ3) is 2.82. The van der Waals surface area contributed by atoms with E-state index >= 15 is 0 Å². The first-order chi connectivity index (χ1) is 12.1. The van der Waals surface area contributed by atoms with Crippen LogP contribution in [0.15, 0.2) is 36.8 Å². The summed E-state index contributed by atoms with van der Waals surface area (Å²) in [4.78, 5) is 25.6. The lowest BCUT2D eigenvalue weighted by molar-refractivity contribution is 0.0998. The number of hydrogen-bond donors (Lipinski definition) is 2. The second-order valence-corrected chi connectivity index (χ2v) is 6.29. The zero-order valence-corrected chi connectivity index (χ0v) is 13.6. The van der Waals surface area contributed by atoms with Crippen molar-refractivity contribution in [2.45, 2.75) is 18.8 Å². The third-order valence-electron chi connectivity index (χ3n) is 4.85. The number of aromatic nitrogens is 3. The number of fused-ring (bicyclic) bond motifs is 1. The summed E-state index contributed by atoms with van der Waals surface area (Å²) in [5.74, 6) is 0.159. The Morgan fingerprint density at radius 2 is 2.04 bits per heavy atom. The Hall–Kier alpha value is -2.96. The SMILES string of the molecule is NC(=O)c1ccc(F)cc1C1CCN(c2ncnc3[nH]ccc23)CC1. The van der Waals surface area contributed by atoms with Crippen molar-refractivity contribution in [1.29, 1.82) is 0 Å². The first kappa shape index (κ1) is 15.6. The molecule has 3 N–H and O–H groups in total. The first-order valence-corrected chi connectivity index (χ1v) is 8.26. The number of rotatable bonds is 3. The average molecular weight is 339 g/mol. The lowest BCUT2D eigenvalue weighted by Crippen LogP contribution is -2.34. The standard InChI is InChI=1S/C18H18FN5O/c19-12-1-2-13(16(20)25)15(9-12)11-4-7-24(8-5-11)18-14-3-6-21-17(14)22-10-23-18/h1-3,6,9-11H,4-5,7-8H2,(H2,20,25)(H,21,22,23). The predicted octanol–water partition coefficient (Wildman–Crippen LogP) is 2.58. The number of carbonyl (C=O) groups is 1. The van der Waals surface area contributed by atoms with Gasteiger partial charge in [-0.15, -0.1) is 0 Å². The van der Waals surface area contributed by atoms with Gasteiger partial charge in [0.05, 0.1) is 5.39 Å². The largest absolute Gasteiger partial charge is 0.366 e. The summed E-state index contributed by atoms with van der Waals surface area (Å²) in [6, 6.07) is 6.17. The summed E-state index contributed by atoms with van der Waals surface area (Å²) >= 11 is 0. The second kappa shape index (κ2) is 6.16. The smallest absolute Gasteiger partial charge is 0.248 e. The number of nitrogens with zero attached hydrogens (tertiary/aromatic N) is 3. The molecule has 1 fully saturated rings. The lowest BCUT2D eigenvalue weighted by Gasteiger charge is -2.33. The highest BCUT2D eigenvalue weighted by Gasteiger charge is 2.26. The number of benzene rings is 1. The van der Waals surface area contributed by atoms with Gasteiger partial charge in [0.15, 0.2) is 0 Å². The molecule has 3 heterocycles. The zero-order chi connectivity index (χ0) is 17.4. The van der Waals surface area contributed by atoms with Crippen LogP contribution >= 0.6 is 0 Å². The van der Waals surface area contributed by atoms with Crippen molar-refractivity contribution in [1.82, 2.24) is 15.0 Å². The van der Waals surface area contributed by atoms with Gasteiger partial charge in [-0.3, -0.25) is 4.79 Å². The Balaban J connectivity index is 1.57. The molecule has 1 aliphatic heterocycles. The number of aromatic amines is 1. The molecular weight excluding hydrogens is 321 g/mol. The Bertz CT molecular complexity index is 930. The Morgan fingerprint density at radius 3 is 2.80 bits per heavy atom. The quantitative estimate of drug-likeness (QED) is 0.768. The van der Waals surface area contributed by atoms with Gasteiger partial charge in [0.25, 0.3) is 0 Å². The molecule has 1 saturated heterocycles. The van der Waals surface area contributed by atoms with Crippen molar-refractivity contribution in [2.75, 3.05) is 18.0 Å². The zero-order valence-electron chi connectivity index (χ0n) is 13.6. The van der Waals surface area contributed by atoms with Crippen LogP contribution in [0.1, 0.15) is 34.7 Å². The molecule has 25 heavy (non-hydrogen) atoms. The molecule has 7 heteroatoms. The molecule has 4 rings (SSSR count). The predicted molar refractivity (Wildman–Crippen MR) is 93.0 cm³/mol. The van der Waals surface area contributed by atoms with E-state index in [1.54, 1.807) is 6.33 Å². The second-order valence-electron chi connectivity index (χ2n) is 6.29. The van der Waals surface area contributed by atoms with E-state index in [4.69, 9.17) is 5.73 Å². The number of piperidine rings is 1. The van der Waals surface area contributed by atoms with E-state index in [0.717, 1.165) is 42.8 Å². The van der Waals surface area contributed by atoms with Crippen molar-refractivity contribution < 1.29 is 9.18 Å². The number of amides is 1. The van der Waals surface area contributed by atoms with Crippen LogP contribution in [-0.4, -0.2) is 33.9 Å². The molecule has 1 aromatic carbocycles. The summed E-state index contributed by atoms with van der Waals surface area (Å²) in [7, 11) is 0. The van der Waals surface area contributed by atoms with E-state index in [0.29, 0.717) is 11.1 Å². The number of H-pyrrole nitrogens is 1. The molecule has 0 unspecified atom stereocenters. The maximum absolute atomic E-state index is 13.7. The molecule has 6 nitrogen and oxygen atoms in total. The van der Waals surface area contributed by atoms with E-state index in [2.05, 4.69) is 19.9 Å². The summed E-state index contributed by atoms with van der Waals surface area (Å²) in [5.41, 5.74) is 7.38. The normalized spacial score (nSPS) is 15.6. The van der Waals surface area contributed by atoms with Crippen molar-refractivity contribution in [3.05, 3.63) is 53.7 Å². The number of anilines is 1. The Labute approximate surface area is 143 Å². The highest BCUT2D eigenvalue weighted by atomic mass is 19.1. The monoisotopic (exact) mass is 339 g/mol. The van der Waals surface area contributed by atoms with Crippen molar-refractivity contribution >= 4 is 22.8 Å². The maximum Gasteiger partial charge on any atom is 0.248 e. The molecular formula is C18H18FN5O. The van der Waals surface area contributed by atoms with Gasteiger partial charge in [0.1, 0.15) is 23.6 Å². The van der Waals surface area contributed by atoms with Crippen LogP contribution in [0.3, 0.4) is 0 Å². The van der Waals surface area contributed by atoms with Gasteiger partial charge >= 0.3 is 0 Å². The number of nitrogens with one attached hydrogen (secondary N) is 1. The van der Waals surface area contributed by atoms with Gasteiger partial charge in [-0.1, -0.05) is 0 Å². The van der Waals surface area contributed by atoms with Crippen molar-refractivity contribution in [3.63, 3.8) is 0 Å². The van der Waals surface area contributed by atoms with E-state index in [9.17, 15) is 9.18 Å². The number of carbonyl (C=O) groups excluding carboxylic acids is 1. The maximum atomic E-state index is 13.7. The van der Waals surface area contributed by atoms with E-state index in [1.165, 1.54) is 18.2 Å². The van der Waals surface area contributed by atoms with E-state index in [-0.39, 0.29) is 11.7 Å². The van der Waals surface area contributed by atoms with Gasteiger partial charge in [0.2, 0.25) is 5.91 Å². The molecule has 0 atom stereocenters. The molecule has 1 amide bonds. The van der Waals surface area contributed by atoms with Crippen LogP contribution in [0.5, 0.6) is 0 Å². The Morgan fingerprint density at radius 1 is 1.24 bits per heavy atom. The Kier molecular flexibility index (Phi) is 3.83. The van der Waals surface area contributed by atoms with Gasteiger partial charge < -0.3 is 15.6 Å². The number of nitrogens with two attached hydrogens (primary N) is 1. The summed E-state index contributed by atoms with van der Waals surface area (Å²) in [6.45, 7) is 1.55. The molecule has 128 valence electrons. The molecule has 3 aromatic rings. The van der Waals surface area contributed by atoms with Gasteiger partial charge in [0, 0.05) is 24.8 Å². The fraction of sp³-hybridized carbons (Fsp3) is 0.278. The molecule has 0 saturated carbocycles. The highest BCUT2D eigenvalue weighted by molar-refractivity contribution is 5.94. The first-order valence-electron chi connectivity index (χ1n) is 8.26. The fourth-order valence-corrected chi connectivity index (χ4v) is 3.61. The number of halogens is 1. The highest BCUT2D eigenvalue weighted by Crippen LogP contribution is 2.33. The lowest BCUT2D eigenvalue weighted by atomic mass is 9.86. The van der Waals surface area contributed by atoms with Crippen LogP contribution in [0.4, 0.5) is 10.2 Å². The molecule has 1 aliphatic rings. The van der Waals surface area contributed by atoms with Crippen molar-refractivity contribution in [3.8, 4) is 0 Å².